The van der Waals surface area contributed by atoms with Gasteiger partial charge in [-0.05, 0) is 41.1 Å². The van der Waals surface area contributed by atoms with Gasteiger partial charge >= 0.3 is 0 Å². The van der Waals surface area contributed by atoms with E-state index in [0.29, 0.717) is 5.95 Å². The Bertz CT molecular complexity index is 3090. The molecule has 0 atom stereocenters. The number of para-hydroxylation sites is 2. The zero-order valence-corrected chi connectivity index (χ0v) is 25.6. The lowest BCUT2D eigenvalue weighted by atomic mass is 9.99. The van der Waals surface area contributed by atoms with E-state index in [1.54, 1.807) is 0 Å². The van der Waals surface area contributed by atoms with Gasteiger partial charge in [-0.2, -0.15) is 0 Å². The molecule has 0 saturated carbocycles. The SMILES string of the molecule is c1ccc2c(-c3cccc4oc5ccccc5c34)nc(-n3c4cnccc4c4c5ccccc5c5c6ccccc6sc5c43)nc2c1. The van der Waals surface area contributed by atoms with E-state index in [2.05, 4.69) is 101 Å². The lowest BCUT2D eigenvalue weighted by molar-refractivity contribution is 0.669. The zero-order chi connectivity index (χ0) is 30.6. The minimum atomic E-state index is 0.616. The summed E-state index contributed by atoms with van der Waals surface area (Å²) in [4.78, 5) is 15.4. The van der Waals surface area contributed by atoms with Crippen molar-refractivity contribution in [3.05, 3.63) is 134 Å². The monoisotopic (exact) mass is 618 g/mol. The highest BCUT2D eigenvalue weighted by Gasteiger charge is 2.24. The van der Waals surface area contributed by atoms with Gasteiger partial charge in [-0.15, -0.1) is 11.3 Å². The molecule has 0 unspecified atom stereocenters. The van der Waals surface area contributed by atoms with E-state index in [1.807, 2.05) is 54.1 Å². The van der Waals surface area contributed by atoms with Gasteiger partial charge in [0.05, 0.1) is 33.1 Å². The molecule has 47 heavy (non-hydrogen) atoms. The third kappa shape index (κ3) is 3.34. The van der Waals surface area contributed by atoms with Crippen molar-refractivity contribution in [2.24, 2.45) is 0 Å². The van der Waals surface area contributed by atoms with Crippen LogP contribution in [0.5, 0.6) is 0 Å². The summed E-state index contributed by atoms with van der Waals surface area (Å²) in [6, 6.07) is 42.3. The molecule has 0 amide bonds. The van der Waals surface area contributed by atoms with Crippen molar-refractivity contribution in [2.45, 2.75) is 0 Å². The number of pyridine rings is 1. The smallest absolute Gasteiger partial charge is 0.235 e. The van der Waals surface area contributed by atoms with Gasteiger partial charge in [0.15, 0.2) is 0 Å². The van der Waals surface area contributed by atoms with Crippen molar-refractivity contribution in [1.29, 1.82) is 0 Å². The number of hydrogen-bond donors (Lipinski definition) is 0. The molecule has 5 heterocycles. The lowest BCUT2D eigenvalue weighted by Gasteiger charge is -2.13. The van der Waals surface area contributed by atoms with E-state index in [1.165, 1.54) is 36.3 Å². The van der Waals surface area contributed by atoms with Gasteiger partial charge < -0.3 is 4.42 Å². The summed E-state index contributed by atoms with van der Waals surface area (Å²) in [6.45, 7) is 0. The predicted octanol–water partition coefficient (Wildman–Crippen LogP) is 11.2. The maximum absolute atomic E-state index is 6.31. The number of hydrogen-bond acceptors (Lipinski definition) is 5. The van der Waals surface area contributed by atoms with Gasteiger partial charge in [0.25, 0.3) is 0 Å². The van der Waals surface area contributed by atoms with Gasteiger partial charge in [0, 0.05) is 54.2 Å². The van der Waals surface area contributed by atoms with Crippen LogP contribution in [-0.4, -0.2) is 19.5 Å². The Hall–Kier alpha value is -6.11. The first-order chi connectivity index (χ1) is 23.3. The van der Waals surface area contributed by atoms with Crippen molar-refractivity contribution in [3.63, 3.8) is 0 Å². The van der Waals surface area contributed by atoms with Gasteiger partial charge in [-0.1, -0.05) is 91.0 Å². The number of furan rings is 1. The molecule has 0 saturated heterocycles. The van der Waals surface area contributed by atoms with Crippen LogP contribution in [0.4, 0.5) is 0 Å². The molecule has 6 aromatic carbocycles. The second kappa shape index (κ2) is 9.22. The number of nitrogens with zero attached hydrogens (tertiary/aromatic N) is 4. The van der Waals surface area contributed by atoms with Crippen molar-refractivity contribution in [3.8, 4) is 17.2 Å². The van der Waals surface area contributed by atoms with Crippen LogP contribution in [0.2, 0.25) is 0 Å². The maximum atomic E-state index is 6.31. The first kappa shape index (κ1) is 25.1. The molecule has 0 radical (unpaired) electrons. The molecule has 0 aliphatic carbocycles. The number of fused-ring (bicyclic) bond motifs is 14. The van der Waals surface area contributed by atoms with Gasteiger partial charge in [-0.25, -0.2) is 9.97 Å². The standard InChI is InChI=1S/C41H22N4OS/c1-2-11-24-23(10-1)36-26-20-21-42-22-31(26)45(39(36)40-37(24)28-14-5-8-19-34(28)47-40)41-43-30-16-6-3-12-25(30)38(44-41)29-15-9-18-33-35(29)27-13-4-7-17-32(27)46-33/h1-22H. The fourth-order valence-electron chi connectivity index (χ4n) is 7.57. The second-order valence-electron chi connectivity index (χ2n) is 12.0. The minimum absolute atomic E-state index is 0.616. The second-order valence-corrected chi connectivity index (χ2v) is 13.0. The van der Waals surface area contributed by atoms with E-state index in [-0.39, 0.29) is 0 Å². The molecule has 0 N–H and O–H groups in total. The van der Waals surface area contributed by atoms with Crippen LogP contribution in [0.25, 0.3) is 103 Å². The summed E-state index contributed by atoms with van der Waals surface area (Å²) in [5, 5.41) is 10.4. The Kier molecular flexibility index (Phi) is 4.93. The van der Waals surface area contributed by atoms with Gasteiger partial charge in [0.2, 0.25) is 5.95 Å². The summed E-state index contributed by atoms with van der Waals surface area (Å²) in [7, 11) is 0. The summed E-state index contributed by atoms with van der Waals surface area (Å²) >= 11 is 1.83. The Balaban J connectivity index is 1.35. The van der Waals surface area contributed by atoms with Crippen molar-refractivity contribution < 1.29 is 4.42 Å². The van der Waals surface area contributed by atoms with Crippen LogP contribution in [-0.2, 0) is 0 Å². The molecular formula is C41H22N4OS. The van der Waals surface area contributed by atoms with E-state index >= 15 is 0 Å². The largest absolute Gasteiger partial charge is 0.456 e. The predicted molar refractivity (Wildman–Crippen MR) is 195 cm³/mol. The molecule has 11 aromatic rings. The van der Waals surface area contributed by atoms with Crippen molar-refractivity contribution in [2.75, 3.05) is 0 Å². The van der Waals surface area contributed by atoms with Crippen LogP contribution in [0.1, 0.15) is 0 Å². The first-order valence-electron chi connectivity index (χ1n) is 15.6. The normalized spacial score (nSPS) is 12.3. The van der Waals surface area contributed by atoms with Crippen LogP contribution >= 0.6 is 11.3 Å². The highest BCUT2D eigenvalue weighted by molar-refractivity contribution is 7.27. The maximum Gasteiger partial charge on any atom is 0.235 e. The molecule has 0 spiro atoms. The number of thiophene rings is 1. The summed E-state index contributed by atoms with van der Waals surface area (Å²) < 4.78 is 11.0. The topological polar surface area (TPSA) is 56.7 Å². The van der Waals surface area contributed by atoms with Crippen molar-refractivity contribution in [1.82, 2.24) is 19.5 Å². The van der Waals surface area contributed by atoms with Gasteiger partial charge in [0.1, 0.15) is 11.2 Å². The van der Waals surface area contributed by atoms with Crippen LogP contribution in [0, 0.1) is 0 Å². The molecule has 0 bridgehead atoms. The van der Waals surface area contributed by atoms with E-state index in [9.17, 15) is 0 Å². The molecule has 0 fully saturated rings. The first-order valence-corrected chi connectivity index (χ1v) is 16.4. The zero-order valence-electron chi connectivity index (χ0n) is 24.8. The van der Waals surface area contributed by atoms with Crippen LogP contribution in [0.3, 0.4) is 0 Å². The highest BCUT2D eigenvalue weighted by atomic mass is 32.1. The molecule has 11 rings (SSSR count). The number of rotatable bonds is 2. The fraction of sp³-hybridized carbons (Fsp3) is 0. The van der Waals surface area contributed by atoms with E-state index < -0.39 is 0 Å². The molecule has 0 aliphatic rings. The molecule has 5 nitrogen and oxygen atoms in total. The van der Waals surface area contributed by atoms with Gasteiger partial charge in [-0.3, -0.25) is 9.55 Å². The Morgan fingerprint density at radius 3 is 2.17 bits per heavy atom. The fourth-order valence-corrected chi connectivity index (χ4v) is 8.83. The average Bonchev–Trinajstić information content (AvgIpc) is 3.81. The highest BCUT2D eigenvalue weighted by Crippen LogP contribution is 2.48. The minimum Gasteiger partial charge on any atom is -0.456 e. The summed E-state index contributed by atoms with van der Waals surface area (Å²) in [5.74, 6) is 0.616. The third-order valence-electron chi connectivity index (χ3n) is 9.50. The molecular weight excluding hydrogens is 597 g/mol. The van der Waals surface area contributed by atoms with Crippen molar-refractivity contribution >= 4 is 96.9 Å². The Labute approximate surface area is 271 Å². The molecule has 218 valence electrons. The third-order valence-corrected chi connectivity index (χ3v) is 10.7. The molecule has 0 aliphatic heterocycles. The molecule has 6 heteroatoms. The van der Waals surface area contributed by atoms with E-state index in [4.69, 9.17) is 14.4 Å². The quantitative estimate of drug-likeness (QED) is 0.193. The van der Waals surface area contributed by atoms with Crippen LogP contribution in [0.15, 0.2) is 138 Å². The Morgan fingerprint density at radius 2 is 1.28 bits per heavy atom. The summed E-state index contributed by atoms with van der Waals surface area (Å²) in [6.07, 6.45) is 3.83. The van der Waals surface area contributed by atoms with Crippen LogP contribution < -0.4 is 0 Å². The average molecular weight is 619 g/mol. The number of benzene rings is 6. The summed E-state index contributed by atoms with van der Waals surface area (Å²) in [5.41, 5.74) is 6.55. The number of aromatic nitrogens is 4. The van der Waals surface area contributed by atoms with E-state index in [0.717, 1.165) is 60.5 Å². The Morgan fingerprint density at radius 1 is 0.553 bits per heavy atom. The molecule has 5 aromatic heterocycles. The lowest BCUT2D eigenvalue weighted by Crippen LogP contribution is -2.04.